The van der Waals surface area contributed by atoms with Crippen LogP contribution in [0, 0.1) is 5.41 Å². The number of halogens is 2. The summed E-state index contributed by atoms with van der Waals surface area (Å²) < 4.78 is 5.77. The number of hydrogen-bond acceptors (Lipinski definition) is 5. The first-order valence-corrected chi connectivity index (χ1v) is 10.5. The van der Waals surface area contributed by atoms with Crippen molar-refractivity contribution in [3.05, 3.63) is 82.4 Å². The van der Waals surface area contributed by atoms with Crippen molar-refractivity contribution >= 4 is 34.9 Å². The Hall–Kier alpha value is -2.96. The van der Waals surface area contributed by atoms with Crippen LogP contribution in [-0.4, -0.2) is 21.7 Å². The van der Waals surface area contributed by atoms with E-state index in [0.717, 1.165) is 5.56 Å². The van der Waals surface area contributed by atoms with Crippen LogP contribution in [0.1, 0.15) is 35.2 Å². The van der Waals surface area contributed by atoms with Crippen LogP contribution in [0.5, 0.6) is 11.5 Å². The number of aromatic nitrogens is 2. The quantitative estimate of drug-likeness (QED) is 0.469. The van der Waals surface area contributed by atoms with Crippen LogP contribution in [0.25, 0.3) is 0 Å². The van der Waals surface area contributed by atoms with E-state index in [9.17, 15) is 9.59 Å². The van der Waals surface area contributed by atoms with Crippen LogP contribution < -0.4 is 10.1 Å². The maximum Gasteiger partial charge on any atom is 0.226 e. The predicted octanol–water partition coefficient (Wildman–Crippen LogP) is 5.25. The van der Waals surface area contributed by atoms with Crippen molar-refractivity contribution in [3.8, 4) is 11.5 Å². The normalized spacial score (nSPS) is 14.0. The third kappa shape index (κ3) is 5.21. The number of nitrogens with one attached hydrogen (secondary N) is 1. The molecule has 1 aromatic heterocycles. The molecule has 0 bridgehead atoms. The maximum atomic E-state index is 12.7. The van der Waals surface area contributed by atoms with Crippen molar-refractivity contribution in [1.82, 2.24) is 15.3 Å². The molecule has 6 nitrogen and oxygen atoms in total. The van der Waals surface area contributed by atoms with Gasteiger partial charge in [0.1, 0.15) is 17.8 Å². The van der Waals surface area contributed by atoms with Crippen molar-refractivity contribution in [3.63, 3.8) is 0 Å². The highest BCUT2D eigenvalue weighted by Gasteiger charge is 2.50. The van der Waals surface area contributed by atoms with Gasteiger partial charge in [0.05, 0.1) is 16.0 Å². The summed E-state index contributed by atoms with van der Waals surface area (Å²) in [6, 6.07) is 12.4. The monoisotopic (exact) mass is 455 g/mol. The number of carbonyl (C=O) groups excluding carboxylic acids is 2. The molecule has 1 N–H and O–H groups in total. The lowest BCUT2D eigenvalue weighted by Gasteiger charge is -2.15. The number of ketones is 1. The molecule has 1 heterocycles. The molecule has 1 fully saturated rings. The van der Waals surface area contributed by atoms with Crippen molar-refractivity contribution in [2.75, 3.05) is 0 Å². The fourth-order valence-electron chi connectivity index (χ4n) is 3.22. The second-order valence-electron chi connectivity index (χ2n) is 7.51. The fourth-order valence-corrected chi connectivity index (χ4v) is 3.66. The predicted molar refractivity (Wildman–Crippen MR) is 117 cm³/mol. The highest BCUT2D eigenvalue weighted by atomic mass is 35.5. The van der Waals surface area contributed by atoms with Gasteiger partial charge in [-0.1, -0.05) is 35.3 Å². The van der Waals surface area contributed by atoms with E-state index >= 15 is 0 Å². The van der Waals surface area contributed by atoms with Gasteiger partial charge >= 0.3 is 0 Å². The topological polar surface area (TPSA) is 81.2 Å². The summed E-state index contributed by atoms with van der Waals surface area (Å²) in [5, 5.41) is 3.91. The van der Waals surface area contributed by atoms with E-state index in [2.05, 4.69) is 15.3 Å². The van der Waals surface area contributed by atoms with E-state index in [1.807, 2.05) is 12.1 Å². The summed E-state index contributed by atoms with van der Waals surface area (Å²) in [6.45, 7) is 0.366. The molecule has 0 unspecified atom stereocenters. The number of carbonyl (C=O) groups is 2. The number of Topliss-reactive ketones (excluding diaryl/α,β-unsaturated/α-hetero) is 1. The fraction of sp³-hybridized carbons (Fsp3) is 0.217. The van der Waals surface area contributed by atoms with Gasteiger partial charge in [-0.15, -0.1) is 0 Å². The van der Waals surface area contributed by atoms with Crippen LogP contribution in [0.3, 0.4) is 0 Å². The van der Waals surface area contributed by atoms with Gasteiger partial charge in [0.15, 0.2) is 5.78 Å². The van der Waals surface area contributed by atoms with Gasteiger partial charge in [-0.2, -0.15) is 0 Å². The minimum Gasteiger partial charge on any atom is -0.456 e. The van der Waals surface area contributed by atoms with Gasteiger partial charge in [0, 0.05) is 30.4 Å². The van der Waals surface area contributed by atoms with Crippen molar-refractivity contribution < 1.29 is 14.3 Å². The Balaban J connectivity index is 1.31. The van der Waals surface area contributed by atoms with E-state index in [1.165, 1.54) is 18.7 Å². The third-order valence-electron chi connectivity index (χ3n) is 5.21. The highest BCUT2D eigenvalue weighted by molar-refractivity contribution is 6.35. The SMILES string of the molecule is O=C(CC1(C(=O)NCc2ccc(Oc3ccc(Cl)cc3Cl)cc2)CC1)c1cncnc1. The van der Waals surface area contributed by atoms with E-state index in [0.29, 0.717) is 46.5 Å². The third-order valence-corrected chi connectivity index (χ3v) is 5.75. The molecule has 0 spiro atoms. The molecule has 1 aliphatic carbocycles. The zero-order valence-electron chi connectivity index (χ0n) is 16.5. The van der Waals surface area contributed by atoms with E-state index < -0.39 is 5.41 Å². The number of nitrogens with zero attached hydrogens (tertiary/aromatic N) is 2. The first kappa shape index (κ1) is 21.3. The van der Waals surface area contributed by atoms with Gasteiger partial charge in [0.25, 0.3) is 0 Å². The molecule has 1 amide bonds. The van der Waals surface area contributed by atoms with Gasteiger partial charge in [-0.3, -0.25) is 9.59 Å². The van der Waals surface area contributed by atoms with E-state index in [-0.39, 0.29) is 18.1 Å². The molecule has 0 aliphatic heterocycles. The lowest BCUT2D eigenvalue weighted by Crippen LogP contribution is -2.33. The van der Waals surface area contributed by atoms with Crippen LogP contribution >= 0.6 is 23.2 Å². The number of hydrogen-bond donors (Lipinski definition) is 1. The van der Waals surface area contributed by atoms with Gasteiger partial charge in [-0.25, -0.2) is 9.97 Å². The molecular formula is C23H19Cl2N3O3. The molecule has 1 saturated carbocycles. The van der Waals surface area contributed by atoms with Crippen molar-refractivity contribution in [2.45, 2.75) is 25.8 Å². The highest BCUT2D eigenvalue weighted by Crippen LogP contribution is 2.49. The Labute approximate surface area is 189 Å². The maximum absolute atomic E-state index is 12.7. The molecule has 0 atom stereocenters. The molecule has 2 aromatic carbocycles. The second kappa shape index (κ2) is 9.04. The summed E-state index contributed by atoms with van der Waals surface area (Å²) in [4.78, 5) is 32.8. The Morgan fingerprint density at radius 3 is 2.39 bits per heavy atom. The molecule has 4 rings (SSSR count). The van der Waals surface area contributed by atoms with Crippen LogP contribution in [0.2, 0.25) is 10.0 Å². The second-order valence-corrected chi connectivity index (χ2v) is 8.35. The molecule has 31 heavy (non-hydrogen) atoms. The number of benzene rings is 2. The molecule has 3 aromatic rings. The largest absolute Gasteiger partial charge is 0.456 e. The molecule has 8 heteroatoms. The number of ether oxygens (including phenoxy) is 1. The van der Waals surface area contributed by atoms with Crippen molar-refractivity contribution in [1.29, 1.82) is 0 Å². The molecule has 0 saturated heterocycles. The Kier molecular flexibility index (Phi) is 6.20. The van der Waals surface area contributed by atoms with Crippen LogP contribution in [-0.2, 0) is 11.3 Å². The lowest BCUT2D eigenvalue weighted by atomic mass is 9.95. The van der Waals surface area contributed by atoms with Crippen molar-refractivity contribution in [2.24, 2.45) is 5.41 Å². The molecule has 158 valence electrons. The minimum absolute atomic E-state index is 0.106. The van der Waals surface area contributed by atoms with Gasteiger partial charge in [0.2, 0.25) is 5.91 Å². The number of amides is 1. The van der Waals surface area contributed by atoms with Crippen LogP contribution in [0.15, 0.2) is 61.2 Å². The summed E-state index contributed by atoms with van der Waals surface area (Å²) in [7, 11) is 0. The zero-order valence-corrected chi connectivity index (χ0v) is 18.0. The standard InChI is InChI=1S/C23H19Cl2N3O3/c24-17-3-6-21(19(25)9-17)31-18-4-1-15(2-5-18)11-28-22(30)23(7-8-23)10-20(29)16-12-26-14-27-13-16/h1-6,9,12-14H,7-8,10-11H2,(H,28,30). The first-order chi connectivity index (χ1) is 14.9. The summed E-state index contributed by atoms with van der Waals surface area (Å²) >= 11 is 12.0. The summed E-state index contributed by atoms with van der Waals surface area (Å²) in [6.07, 6.45) is 5.89. The Morgan fingerprint density at radius 1 is 1.03 bits per heavy atom. The van der Waals surface area contributed by atoms with Gasteiger partial charge < -0.3 is 10.1 Å². The zero-order chi connectivity index (χ0) is 21.8. The number of rotatable bonds is 8. The lowest BCUT2D eigenvalue weighted by molar-refractivity contribution is -0.126. The van der Waals surface area contributed by atoms with Gasteiger partial charge in [-0.05, 0) is 48.7 Å². The molecule has 0 radical (unpaired) electrons. The summed E-state index contributed by atoms with van der Waals surface area (Å²) in [5.41, 5.74) is 0.723. The van der Waals surface area contributed by atoms with E-state index in [1.54, 1.807) is 30.3 Å². The average molecular weight is 456 g/mol. The average Bonchev–Trinajstić information content (AvgIpc) is 3.56. The Bertz CT molecular complexity index is 1100. The smallest absolute Gasteiger partial charge is 0.226 e. The molecular weight excluding hydrogens is 437 g/mol. The first-order valence-electron chi connectivity index (χ1n) is 9.74. The Morgan fingerprint density at radius 2 is 1.74 bits per heavy atom. The summed E-state index contributed by atoms with van der Waals surface area (Å²) in [5.74, 6) is 0.909. The van der Waals surface area contributed by atoms with Crippen LogP contribution in [0.4, 0.5) is 0 Å². The van der Waals surface area contributed by atoms with E-state index in [4.69, 9.17) is 27.9 Å². The minimum atomic E-state index is -0.624. The molecule has 1 aliphatic rings.